The van der Waals surface area contributed by atoms with E-state index in [0.29, 0.717) is 12.0 Å². The Bertz CT molecular complexity index is 411. The predicted molar refractivity (Wildman–Crippen MR) is 69.7 cm³/mol. The maximum absolute atomic E-state index is 5.79. The molecule has 1 aliphatic heterocycles. The van der Waals surface area contributed by atoms with E-state index in [-0.39, 0.29) is 0 Å². The Kier molecular flexibility index (Phi) is 2.83. The Morgan fingerprint density at radius 2 is 2.12 bits per heavy atom. The van der Waals surface area contributed by atoms with Crippen LogP contribution in [0.25, 0.3) is 0 Å². The van der Waals surface area contributed by atoms with Crippen molar-refractivity contribution < 1.29 is 4.74 Å². The molecule has 1 aromatic carbocycles. The van der Waals surface area contributed by atoms with Gasteiger partial charge in [0.05, 0.1) is 6.61 Å². The molecule has 92 valence electrons. The Morgan fingerprint density at radius 1 is 1.29 bits per heavy atom. The fraction of sp³-hybridized carbons (Fsp3) is 0.600. The van der Waals surface area contributed by atoms with E-state index < -0.39 is 0 Å². The summed E-state index contributed by atoms with van der Waals surface area (Å²) in [7, 11) is 0. The SMILES string of the molecule is CC(NC1CC1)C(C)c1cccc2c1OCC2. The number of fused-ring (bicyclic) bond motifs is 1. The van der Waals surface area contributed by atoms with Gasteiger partial charge in [-0.3, -0.25) is 0 Å². The van der Waals surface area contributed by atoms with Gasteiger partial charge in [0.25, 0.3) is 0 Å². The molecular formula is C15H21NO. The van der Waals surface area contributed by atoms with E-state index >= 15 is 0 Å². The van der Waals surface area contributed by atoms with Gasteiger partial charge in [-0.25, -0.2) is 0 Å². The summed E-state index contributed by atoms with van der Waals surface area (Å²) in [5.41, 5.74) is 2.76. The van der Waals surface area contributed by atoms with Crippen molar-refractivity contribution in [3.05, 3.63) is 29.3 Å². The lowest BCUT2D eigenvalue weighted by molar-refractivity contribution is 0.347. The van der Waals surface area contributed by atoms with Gasteiger partial charge in [-0.15, -0.1) is 0 Å². The zero-order valence-electron chi connectivity index (χ0n) is 10.7. The third kappa shape index (κ3) is 2.19. The fourth-order valence-corrected chi connectivity index (χ4v) is 2.63. The summed E-state index contributed by atoms with van der Waals surface area (Å²) in [6, 6.07) is 7.88. The van der Waals surface area contributed by atoms with Crippen LogP contribution in [0.2, 0.25) is 0 Å². The van der Waals surface area contributed by atoms with Gasteiger partial charge in [-0.2, -0.15) is 0 Å². The van der Waals surface area contributed by atoms with Gasteiger partial charge >= 0.3 is 0 Å². The zero-order chi connectivity index (χ0) is 11.8. The Morgan fingerprint density at radius 3 is 2.88 bits per heavy atom. The van der Waals surface area contributed by atoms with Crippen LogP contribution in [0, 0.1) is 0 Å². The van der Waals surface area contributed by atoms with Gasteiger partial charge in [0.15, 0.2) is 0 Å². The van der Waals surface area contributed by atoms with E-state index in [0.717, 1.165) is 24.8 Å². The average Bonchev–Trinajstić information content (AvgIpc) is 3.01. The van der Waals surface area contributed by atoms with Gasteiger partial charge in [0.2, 0.25) is 0 Å². The maximum Gasteiger partial charge on any atom is 0.126 e. The molecule has 2 unspecified atom stereocenters. The lowest BCUT2D eigenvalue weighted by Crippen LogP contribution is -2.32. The van der Waals surface area contributed by atoms with E-state index in [2.05, 4.69) is 37.4 Å². The molecule has 1 fully saturated rings. The highest BCUT2D eigenvalue weighted by Crippen LogP contribution is 2.36. The van der Waals surface area contributed by atoms with Crippen molar-refractivity contribution in [3.63, 3.8) is 0 Å². The standard InChI is InChI=1S/C15H21NO/c1-10(11(2)16-13-6-7-13)14-5-3-4-12-8-9-17-15(12)14/h3-5,10-11,13,16H,6-9H2,1-2H3. The number of hydrogen-bond acceptors (Lipinski definition) is 2. The first-order valence-corrected chi connectivity index (χ1v) is 6.76. The van der Waals surface area contributed by atoms with Crippen LogP contribution < -0.4 is 10.1 Å². The third-order valence-corrected chi connectivity index (χ3v) is 4.06. The van der Waals surface area contributed by atoms with Gasteiger partial charge in [-0.1, -0.05) is 25.1 Å². The molecule has 0 saturated heterocycles. The first kappa shape index (κ1) is 11.1. The number of para-hydroxylation sites is 1. The molecule has 1 heterocycles. The molecule has 0 radical (unpaired) electrons. The second-order valence-electron chi connectivity index (χ2n) is 5.45. The summed E-state index contributed by atoms with van der Waals surface area (Å²) < 4.78 is 5.79. The van der Waals surface area contributed by atoms with Gasteiger partial charge < -0.3 is 10.1 Å². The average molecular weight is 231 g/mol. The van der Waals surface area contributed by atoms with Crippen LogP contribution in [0.4, 0.5) is 0 Å². The van der Waals surface area contributed by atoms with Crippen LogP contribution in [-0.2, 0) is 6.42 Å². The first-order valence-electron chi connectivity index (χ1n) is 6.76. The molecule has 0 bridgehead atoms. The van der Waals surface area contributed by atoms with Crippen LogP contribution in [0.3, 0.4) is 0 Å². The first-order chi connectivity index (χ1) is 8.25. The second-order valence-corrected chi connectivity index (χ2v) is 5.45. The molecule has 2 nitrogen and oxygen atoms in total. The largest absolute Gasteiger partial charge is 0.493 e. The van der Waals surface area contributed by atoms with E-state index in [4.69, 9.17) is 4.74 Å². The summed E-state index contributed by atoms with van der Waals surface area (Å²) in [4.78, 5) is 0. The summed E-state index contributed by atoms with van der Waals surface area (Å²) in [5, 5.41) is 3.69. The molecule has 1 N–H and O–H groups in total. The lowest BCUT2D eigenvalue weighted by atomic mass is 9.92. The van der Waals surface area contributed by atoms with Crippen LogP contribution >= 0.6 is 0 Å². The topological polar surface area (TPSA) is 21.3 Å². The number of rotatable bonds is 4. The molecule has 1 aliphatic carbocycles. The minimum absolute atomic E-state index is 0.517. The summed E-state index contributed by atoms with van der Waals surface area (Å²) in [6.45, 7) is 5.44. The van der Waals surface area contributed by atoms with Crippen molar-refractivity contribution in [1.29, 1.82) is 0 Å². The highest BCUT2D eigenvalue weighted by molar-refractivity contribution is 5.46. The van der Waals surface area contributed by atoms with Crippen molar-refractivity contribution in [2.24, 2.45) is 0 Å². The number of nitrogens with one attached hydrogen (secondary N) is 1. The number of hydrogen-bond donors (Lipinski definition) is 1. The molecule has 0 aromatic heterocycles. The monoisotopic (exact) mass is 231 g/mol. The number of benzene rings is 1. The predicted octanol–water partition coefficient (Wildman–Crippen LogP) is 2.87. The summed E-state index contributed by atoms with van der Waals surface area (Å²) in [5.74, 6) is 1.67. The van der Waals surface area contributed by atoms with E-state index in [1.807, 2.05) is 0 Å². The third-order valence-electron chi connectivity index (χ3n) is 4.06. The summed E-state index contributed by atoms with van der Waals surface area (Å²) >= 11 is 0. The van der Waals surface area contributed by atoms with Crippen molar-refractivity contribution in [2.45, 2.75) is 51.1 Å². The summed E-state index contributed by atoms with van der Waals surface area (Å²) in [6.07, 6.45) is 3.77. The zero-order valence-corrected chi connectivity index (χ0v) is 10.7. The normalized spacial score (nSPS) is 21.8. The highest BCUT2D eigenvalue weighted by atomic mass is 16.5. The van der Waals surface area contributed by atoms with E-state index in [1.165, 1.54) is 24.0 Å². The molecule has 0 spiro atoms. The van der Waals surface area contributed by atoms with Crippen LogP contribution in [-0.4, -0.2) is 18.7 Å². The molecule has 2 atom stereocenters. The Hall–Kier alpha value is -1.02. The second kappa shape index (κ2) is 4.34. The molecule has 2 heteroatoms. The quantitative estimate of drug-likeness (QED) is 0.860. The van der Waals surface area contributed by atoms with Gasteiger partial charge in [-0.05, 0) is 36.8 Å². The molecule has 1 aromatic rings. The molecular weight excluding hydrogens is 210 g/mol. The van der Waals surface area contributed by atoms with Crippen LogP contribution in [0.15, 0.2) is 18.2 Å². The fourth-order valence-electron chi connectivity index (χ4n) is 2.63. The Labute approximate surface area is 103 Å². The molecule has 1 saturated carbocycles. The molecule has 2 aliphatic rings. The molecule has 0 amide bonds. The van der Waals surface area contributed by atoms with Gasteiger partial charge in [0.1, 0.15) is 5.75 Å². The number of ether oxygens (including phenoxy) is 1. The maximum atomic E-state index is 5.79. The van der Waals surface area contributed by atoms with Crippen molar-refractivity contribution in [3.8, 4) is 5.75 Å². The van der Waals surface area contributed by atoms with E-state index in [9.17, 15) is 0 Å². The van der Waals surface area contributed by atoms with Crippen LogP contribution in [0.1, 0.15) is 43.7 Å². The lowest BCUT2D eigenvalue weighted by Gasteiger charge is -2.23. The minimum Gasteiger partial charge on any atom is -0.493 e. The highest BCUT2D eigenvalue weighted by Gasteiger charge is 2.28. The smallest absolute Gasteiger partial charge is 0.126 e. The van der Waals surface area contributed by atoms with E-state index in [1.54, 1.807) is 0 Å². The van der Waals surface area contributed by atoms with Crippen LogP contribution in [0.5, 0.6) is 5.75 Å². The van der Waals surface area contributed by atoms with Gasteiger partial charge in [0, 0.05) is 18.5 Å². The molecule has 17 heavy (non-hydrogen) atoms. The molecule has 3 rings (SSSR count). The minimum atomic E-state index is 0.517. The van der Waals surface area contributed by atoms with Crippen molar-refractivity contribution in [2.75, 3.05) is 6.61 Å². The van der Waals surface area contributed by atoms with Crippen molar-refractivity contribution >= 4 is 0 Å². The Balaban J connectivity index is 1.80. The van der Waals surface area contributed by atoms with Crippen molar-refractivity contribution in [1.82, 2.24) is 5.32 Å².